The first-order valence-electron chi connectivity index (χ1n) is 5.13. The van der Waals surface area contributed by atoms with Crippen molar-refractivity contribution in [3.05, 3.63) is 32.5 Å². The number of carbonyl (C=O) groups is 1. The number of aromatic nitrogens is 3. The molecular formula is C10H10N4O4. The summed E-state index contributed by atoms with van der Waals surface area (Å²) < 4.78 is 4.78. The first-order valence-corrected chi connectivity index (χ1v) is 5.13. The Morgan fingerprint density at radius 3 is 2.83 bits per heavy atom. The minimum Gasteiger partial charge on any atom is -0.462 e. The van der Waals surface area contributed by atoms with Crippen molar-refractivity contribution < 1.29 is 9.53 Å². The van der Waals surface area contributed by atoms with Crippen LogP contribution in [0.1, 0.15) is 17.3 Å². The van der Waals surface area contributed by atoms with Gasteiger partial charge in [0.05, 0.1) is 12.0 Å². The number of pyridine rings is 1. The molecule has 0 aromatic carbocycles. The summed E-state index contributed by atoms with van der Waals surface area (Å²) in [4.78, 5) is 42.3. The first kappa shape index (κ1) is 11.8. The van der Waals surface area contributed by atoms with Crippen molar-refractivity contribution in [1.29, 1.82) is 0 Å². The Kier molecular flexibility index (Phi) is 2.84. The molecule has 0 unspecified atom stereocenters. The molecule has 0 aliphatic carbocycles. The van der Waals surface area contributed by atoms with E-state index in [1.165, 1.54) is 6.07 Å². The van der Waals surface area contributed by atoms with Gasteiger partial charge in [-0.2, -0.15) is 0 Å². The third-order valence-corrected chi connectivity index (χ3v) is 2.25. The smallest absolute Gasteiger partial charge is 0.341 e. The van der Waals surface area contributed by atoms with E-state index in [0.29, 0.717) is 0 Å². The molecule has 0 spiro atoms. The average Bonchev–Trinajstić information content (AvgIpc) is 2.27. The minimum atomic E-state index is -0.691. The summed E-state index contributed by atoms with van der Waals surface area (Å²) in [6.45, 7) is 1.82. The van der Waals surface area contributed by atoms with Gasteiger partial charge in [-0.1, -0.05) is 0 Å². The number of aromatic amines is 2. The highest BCUT2D eigenvalue weighted by atomic mass is 16.5. The number of rotatable bonds is 2. The van der Waals surface area contributed by atoms with Gasteiger partial charge in [0.15, 0.2) is 0 Å². The summed E-state index contributed by atoms with van der Waals surface area (Å²) in [6, 6.07) is 1.24. The van der Waals surface area contributed by atoms with E-state index in [4.69, 9.17) is 10.5 Å². The lowest BCUT2D eigenvalue weighted by Crippen LogP contribution is -2.23. The summed E-state index contributed by atoms with van der Waals surface area (Å²) in [5.74, 6) is -0.780. The van der Waals surface area contributed by atoms with Crippen LogP contribution in [0.25, 0.3) is 11.0 Å². The van der Waals surface area contributed by atoms with Crippen LogP contribution in [0.5, 0.6) is 0 Å². The normalized spacial score (nSPS) is 10.5. The van der Waals surface area contributed by atoms with E-state index >= 15 is 0 Å². The largest absolute Gasteiger partial charge is 0.462 e. The topological polar surface area (TPSA) is 131 Å². The molecule has 0 fully saturated rings. The van der Waals surface area contributed by atoms with Crippen molar-refractivity contribution >= 4 is 22.8 Å². The van der Waals surface area contributed by atoms with E-state index in [1.807, 2.05) is 4.98 Å². The van der Waals surface area contributed by atoms with Crippen molar-refractivity contribution in [3.63, 3.8) is 0 Å². The number of hydrogen-bond donors (Lipinski definition) is 3. The number of ether oxygens (including phenoxy) is 1. The second-order valence-electron chi connectivity index (χ2n) is 3.45. The second kappa shape index (κ2) is 4.32. The summed E-state index contributed by atoms with van der Waals surface area (Å²) in [5.41, 5.74) is 4.24. The predicted octanol–water partition coefficient (Wildman–Crippen LogP) is -0.630. The molecule has 94 valence electrons. The van der Waals surface area contributed by atoms with E-state index in [9.17, 15) is 14.4 Å². The Balaban J connectivity index is 2.72. The molecule has 0 amide bonds. The third kappa shape index (κ3) is 1.95. The lowest BCUT2D eigenvalue weighted by molar-refractivity contribution is 0.0527. The van der Waals surface area contributed by atoms with Gasteiger partial charge in [-0.15, -0.1) is 0 Å². The molecule has 2 heterocycles. The number of nitrogens with two attached hydrogens (primary N) is 1. The number of esters is 1. The molecular weight excluding hydrogens is 240 g/mol. The minimum absolute atomic E-state index is 0.0121. The SMILES string of the molecule is CCOC(=O)c1cc2c(=O)[nH]c(=O)[nH]c2nc1N. The lowest BCUT2D eigenvalue weighted by atomic mass is 10.2. The van der Waals surface area contributed by atoms with Gasteiger partial charge in [-0.05, 0) is 13.0 Å². The summed E-state index contributed by atoms with van der Waals surface area (Å²) in [7, 11) is 0. The molecule has 18 heavy (non-hydrogen) atoms. The van der Waals surface area contributed by atoms with E-state index in [0.717, 1.165) is 0 Å². The second-order valence-corrected chi connectivity index (χ2v) is 3.45. The van der Waals surface area contributed by atoms with Gasteiger partial charge in [0, 0.05) is 0 Å². The number of anilines is 1. The average molecular weight is 250 g/mol. The zero-order valence-electron chi connectivity index (χ0n) is 9.44. The molecule has 4 N–H and O–H groups in total. The molecule has 0 bridgehead atoms. The Hall–Kier alpha value is -2.64. The van der Waals surface area contributed by atoms with Gasteiger partial charge in [0.25, 0.3) is 5.56 Å². The van der Waals surface area contributed by atoms with Gasteiger partial charge in [-0.3, -0.25) is 14.8 Å². The van der Waals surface area contributed by atoms with E-state index < -0.39 is 17.2 Å². The molecule has 0 aliphatic heterocycles. The lowest BCUT2D eigenvalue weighted by Gasteiger charge is -2.05. The van der Waals surface area contributed by atoms with Crippen molar-refractivity contribution in [2.75, 3.05) is 12.3 Å². The van der Waals surface area contributed by atoms with Crippen LogP contribution in [-0.2, 0) is 4.74 Å². The van der Waals surface area contributed by atoms with Crippen molar-refractivity contribution in [3.8, 4) is 0 Å². The van der Waals surface area contributed by atoms with Crippen molar-refractivity contribution in [2.45, 2.75) is 6.92 Å². The Morgan fingerprint density at radius 1 is 1.44 bits per heavy atom. The third-order valence-electron chi connectivity index (χ3n) is 2.25. The molecule has 0 aliphatic rings. The van der Waals surface area contributed by atoms with Crippen LogP contribution in [0.3, 0.4) is 0 Å². The molecule has 2 aromatic heterocycles. The van der Waals surface area contributed by atoms with E-state index in [2.05, 4.69) is 9.97 Å². The molecule has 0 saturated heterocycles. The number of carbonyl (C=O) groups excluding carboxylic acids is 1. The highest BCUT2D eigenvalue weighted by molar-refractivity contribution is 5.97. The highest BCUT2D eigenvalue weighted by Gasteiger charge is 2.15. The maximum atomic E-state index is 11.6. The zero-order chi connectivity index (χ0) is 13.3. The van der Waals surface area contributed by atoms with Crippen LogP contribution in [0.2, 0.25) is 0 Å². The predicted molar refractivity (Wildman–Crippen MR) is 63.4 cm³/mol. The fourth-order valence-electron chi connectivity index (χ4n) is 1.48. The van der Waals surface area contributed by atoms with Crippen LogP contribution in [-0.4, -0.2) is 27.5 Å². The highest BCUT2D eigenvalue weighted by Crippen LogP contribution is 2.14. The number of nitrogens with zero attached hydrogens (tertiary/aromatic N) is 1. The first-order chi connectivity index (χ1) is 8.52. The zero-order valence-corrected chi connectivity index (χ0v) is 9.44. The molecule has 8 nitrogen and oxygen atoms in total. The van der Waals surface area contributed by atoms with Crippen LogP contribution in [0, 0.1) is 0 Å². The molecule has 0 saturated carbocycles. The summed E-state index contributed by atoms with van der Waals surface area (Å²) >= 11 is 0. The van der Waals surface area contributed by atoms with E-state index in [-0.39, 0.29) is 29.0 Å². The number of hydrogen-bond acceptors (Lipinski definition) is 6. The van der Waals surface area contributed by atoms with Crippen molar-refractivity contribution in [2.24, 2.45) is 0 Å². The standard InChI is InChI=1S/C10H10N4O4/c1-2-18-9(16)4-3-5-7(12-6(4)11)13-10(17)14-8(5)15/h3H,2H2,1H3,(H4,11,12,13,14,15,17). The number of nitrogen functional groups attached to an aromatic ring is 1. The Bertz CT molecular complexity index is 731. The van der Waals surface area contributed by atoms with Gasteiger partial charge in [0.1, 0.15) is 17.0 Å². The monoisotopic (exact) mass is 250 g/mol. The Morgan fingerprint density at radius 2 is 2.17 bits per heavy atom. The summed E-state index contributed by atoms with van der Waals surface area (Å²) in [6.07, 6.45) is 0. The molecule has 0 atom stereocenters. The Labute approximate surface area is 99.8 Å². The fraction of sp³-hybridized carbons (Fsp3) is 0.200. The number of fused-ring (bicyclic) bond motifs is 1. The van der Waals surface area contributed by atoms with Crippen LogP contribution < -0.4 is 17.0 Å². The quantitative estimate of drug-likeness (QED) is 0.608. The van der Waals surface area contributed by atoms with Crippen LogP contribution in [0.4, 0.5) is 5.82 Å². The molecule has 2 aromatic rings. The van der Waals surface area contributed by atoms with Gasteiger partial charge >= 0.3 is 11.7 Å². The fourth-order valence-corrected chi connectivity index (χ4v) is 1.48. The van der Waals surface area contributed by atoms with Gasteiger partial charge in [-0.25, -0.2) is 14.6 Å². The van der Waals surface area contributed by atoms with E-state index in [1.54, 1.807) is 6.92 Å². The van der Waals surface area contributed by atoms with Gasteiger partial charge < -0.3 is 10.5 Å². The summed E-state index contributed by atoms with van der Waals surface area (Å²) in [5, 5.41) is 0.0619. The molecule has 0 radical (unpaired) electrons. The maximum absolute atomic E-state index is 11.6. The maximum Gasteiger partial charge on any atom is 0.341 e. The number of nitrogens with one attached hydrogen (secondary N) is 2. The van der Waals surface area contributed by atoms with Crippen LogP contribution >= 0.6 is 0 Å². The van der Waals surface area contributed by atoms with Crippen LogP contribution in [0.15, 0.2) is 15.7 Å². The van der Waals surface area contributed by atoms with Crippen molar-refractivity contribution in [1.82, 2.24) is 15.0 Å². The molecule has 2 rings (SSSR count). The van der Waals surface area contributed by atoms with Gasteiger partial charge in [0.2, 0.25) is 0 Å². The number of H-pyrrole nitrogens is 2. The molecule has 8 heteroatoms.